The second-order valence-corrected chi connectivity index (χ2v) is 18.3. The molecule has 9 atom stereocenters. The third kappa shape index (κ3) is 23.6. The number of nitrogens with two attached hydrogens (primary N) is 2. The summed E-state index contributed by atoms with van der Waals surface area (Å²) < 4.78 is 0. The van der Waals surface area contributed by atoms with E-state index in [2.05, 4.69) is 42.5 Å². The van der Waals surface area contributed by atoms with Crippen LogP contribution in [0.1, 0.15) is 106 Å². The largest absolute Gasteiger partial charge is 0.481 e. The van der Waals surface area contributed by atoms with Crippen molar-refractivity contribution in [2.45, 2.75) is 161 Å². The van der Waals surface area contributed by atoms with E-state index in [0.717, 1.165) is 6.92 Å². The summed E-state index contributed by atoms with van der Waals surface area (Å²) in [6, 6.07) is -1.91. The molecule has 0 aliphatic rings. The highest BCUT2D eigenvalue weighted by molar-refractivity contribution is 5.98. The monoisotopic (exact) mass is 977 g/mol. The van der Waals surface area contributed by atoms with Gasteiger partial charge in [-0.3, -0.25) is 43.2 Å². The van der Waals surface area contributed by atoms with Crippen molar-refractivity contribution >= 4 is 59.2 Å². The lowest BCUT2D eigenvalue weighted by atomic mass is 10.0. The zero-order valence-electron chi connectivity index (χ0n) is 41.0. The normalized spacial score (nSPS) is 15.2. The van der Waals surface area contributed by atoms with Crippen LogP contribution in [0.5, 0.6) is 0 Å². The summed E-state index contributed by atoms with van der Waals surface area (Å²) in [7, 11) is 0. The summed E-state index contributed by atoms with van der Waals surface area (Å²) in [5.74, 6) is -9.98. The predicted molar refractivity (Wildman–Crippen MR) is 253 cm³/mol. The van der Waals surface area contributed by atoms with Crippen molar-refractivity contribution in [1.29, 1.82) is 0 Å². The Balaban J connectivity index is 3.23. The molecule has 23 nitrogen and oxygen atoms in total. The van der Waals surface area contributed by atoms with Crippen molar-refractivity contribution in [3.05, 3.63) is 35.9 Å². The van der Waals surface area contributed by atoms with Crippen LogP contribution in [-0.4, -0.2) is 142 Å². The molecular weight excluding hydrogens is 901 g/mol. The van der Waals surface area contributed by atoms with Crippen molar-refractivity contribution < 1.29 is 63.3 Å². The summed E-state index contributed by atoms with van der Waals surface area (Å²) in [6.45, 7) is 12.6. The lowest BCUT2D eigenvalue weighted by Gasteiger charge is -2.29. The lowest BCUT2D eigenvalue weighted by molar-refractivity contribution is -0.142. The summed E-state index contributed by atoms with van der Waals surface area (Å²) >= 11 is 0. The first-order valence-electron chi connectivity index (χ1n) is 23.3. The number of aliphatic hydroxyl groups excluding tert-OH is 1. The first-order chi connectivity index (χ1) is 32.3. The third-order valence-electron chi connectivity index (χ3n) is 10.7. The molecule has 0 saturated heterocycles. The molecule has 0 aliphatic heterocycles. The molecule has 0 aliphatic carbocycles. The maximum Gasteiger partial charge on any atom is 0.326 e. The average molecular weight is 977 g/mol. The van der Waals surface area contributed by atoms with Gasteiger partial charge in [0, 0.05) is 12.8 Å². The Morgan fingerprint density at radius 3 is 1.62 bits per heavy atom. The van der Waals surface area contributed by atoms with Crippen LogP contribution in [0.3, 0.4) is 0 Å². The summed E-state index contributed by atoms with van der Waals surface area (Å²) in [5.41, 5.74) is 12.2. The summed E-state index contributed by atoms with van der Waals surface area (Å²) in [4.78, 5) is 130. The molecule has 0 spiro atoms. The minimum atomic E-state index is -1.77. The molecule has 8 amide bonds. The van der Waals surface area contributed by atoms with Crippen LogP contribution in [0.25, 0.3) is 0 Å². The number of carbonyl (C=O) groups excluding carboxylic acids is 8. The number of hydrogen-bond donors (Lipinski definition) is 13. The molecule has 0 unspecified atom stereocenters. The molecule has 388 valence electrons. The number of amides is 8. The number of benzene rings is 1. The van der Waals surface area contributed by atoms with Gasteiger partial charge in [0.05, 0.1) is 18.7 Å². The summed E-state index contributed by atoms with van der Waals surface area (Å²) in [6.07, 6.45) is -1.56. The molecule has 1 aromatic rings. The van der Waals surface area contributed by atoms with E-state index >= 15 is 0 Å². The van der Waals surface area contributed by atoms with E-state index in [9.17, 15) is 63.3 Å². The van der Waals surface area contributed by atoms with Gasteiger partial charge in [-0.15, -0.1) is 0 Å². The maximum absolute atomic E-state index is 13.7. The molecule has 23 heteroatoms. The molecule has 0 radical (unpaired) electrons. The summed E-state index contributed by atoms with van der Waals surface area (Å²) in [5, 5.41) is 49.5. The number of carbonyl (C=O) groups is 10. The van der Waals surface area contributed by atoms with Crippen LogP contribution in [0.4, 0.5) is 0 Å². The van der Waals surface area contributed by atoms with E-state index in [1.807, 2.05) is 13.8 Å². The van der Waals surface area contributed by atoms with Gasteiger partial charge in [0.15, 0.2) is 0 Å². The molecule has 0 heterocycles. The van der Waals surface area contributed by atoms with Gasteiger partial charge in [0.2, 0.25) is 47.3 Å². The molecule has 69 heavy (non-hydrogen) atoms. The van der Waals surface area contributed by atoms with E-state index in [1.165, 1.54) is 6.92 Å². The average Bonchev–Trinajstić information content (AvgIpc) is 3.26. The number of aliphatic hydroxyl groups is 1. The minimum absolute atomic E-state index is 0.0186. The highest BCUT2D eigenvalue weighted by Gasteiger charge is 2.35. The topological polar surface area (TPSA) is 380 Å². The van der Waals surface area contributed by atoms with Crippen LogP contribution in [0.2, 0.25) is 0 Å². The number of aliphatic carboxylic acids is 2. The Kier molecular flexibility index (Phi) is 27.4. The van der Waals surface area contributed by atoms with Crippen molar-refractivity contribution in [1.82, 2.24) is 42.5 Å². The first-order valence-corrected chi connectivity index (χ1v) is 23.3. The number of carboxylic acids is 2. The molecular formula is C46H76N10O13. The number of carboxylic acid groups (broad SMARTS) is 2. The molecule has 0 fully saturated rings. The van der Waals surface area contributed by atoms with Crippen LogP contribution in [-0.2, 0) is 54.4 Å². The molecule has 0 aromatic heterocycles. The fourth-order valence-corrected chi connectivity index (χ4v) is 6.85. The van der Waals surface area contributed by atoms with E-state index in [0.29, 0.717) is 24.8 Å². The van der Waals surface area contributed by atoms with Gasteiger partial charge in [-0.2, -0.15) is 0 Å². The zero-order valence-corrected chi connectivity index (χ0v) is 41.0. The molecule has 1 rings (SSSR count). The Morgan fingerprint density at radius 1 is 0.565 bits per heavy atom. The van der Waals surface area contributed by atoms with E-state index in [-0.39, 0.29) is 37.6 Å². The SMILES string of the molecule is CC(C)C[C@H](NC(=O)[C@H](Cc1ccccc1)NC(=O)CNC(=O)[C@H](CCCCN)NC(=O)[C@@H](NC(=O)[C@H](CCC(=O)O)NC(=O)[C@@H](NC(=O)[C@H](C)NC(=O)[C@@H](N)CC(C)C)C(C)C)[C@@H](C)O)C(=O)O. The standard InChI is InChI=1S/C46H76N10O13/c1-24(2)20-30(48)40(62)50-27(7)39(61)55-37(26(5)6)44(66)53-32(17-18-36(59)60)42(64)56-38(28(8)57)45(67)52-31(16-12-13-19-47)41(63)49-23-35(58)51-33(22-29-14-10-9-11-15-29)43(65)54-34(46(68)69)21-25(3)4/h9-11,14-15,24-28,30-34,37-38,57H,12-13,16-23,47-48H2,1-8H3,(H,49,63)(H,50,62)(H,51,58)(H,52,67)(H,53,66)(H,54,65)(H,55,61)(H,56,64)(H,59,60)(H,68,69)/t27-,28+,30-,31-,32-,33-,34-,37-,38-/m0/s1. The second-order valence-electron chi connectivity index (χ2n) is 18.3. The molecule has 1 aromatic carbocycles. The lowest BCUT2D eigenvalue weighted by Crippen LogP contribution is -2.61. The van der Waals surface area contributed by atoms with Gasteiger partial charge in [0.25, 0.3) is 0 Å². The van der Waals surface area contributed by atoms with Crippen LogP contribution < -0.4 is 54.0 Å². The fraction of sp³-hybridized carbons (Fsp3) is 0.652. The Bertz CT molecular complexity index is 1880. The first kappa shape index (κ1) is 60.8. The van der Waals surface area contributed by atoms with Crippen LogP contribution >= 0.6 is 0 Å². The van der Waals surface area contributed by atoms with Gasteiger partial charge in [-0.25, -0.2) is 4.79 Å². The van der Waals surface area contributed by atoms with Crippen molar-refractivity contribution in [2.24, 2.45) is 29.2 Å². The van der Waals surface area contributed by atoms with Crippen molar-refractivity contribution in [3.8, 4) is 0 Å². The van der Waals surface area contributed by atoms with Crippen LogP contribution in [0.15, 0.2) is 30.3 Å². The maximum atomic E-state index is 13.7. The highest BCUT2D eigenvalue weighted by Crippen LogP contribution is 2.11. The minimum Gasteiger partial charge on any atom is -0.481 e. The van der Waals surface area contributed by atoms with E-state index in [1.54, 1.807) is 58.0 Å². The van der Waals surface area contributed by atoms with Gasteiger partial charge in [-0.05, 0) is 82.2 Å². The predicted octanol–water partition coefficient (Wildman–Crippen LogP) is -1.71. The fourth-order valence-electron chi connectivity index (χ4n) is 6.85. The Morgan fingerprint density at radius 2 is 1.10 bits per heavy atom. The Hall–Kier alpha value is -6.20. The zero-order chi connectivity index (χ0) is 52.5. The van der Waals surface area contributed by atoms with Gasteiger partial charge >= 0.3 is 11.9 Å². The van der Waals surface area contributed by atoms with Crippen molar-refractivity contribution in [3.63, 3.8) is 0 Å². The molecule has 0 bridgehead atoms. The van der Waals surface area contributed by atoms with Gasteiger partial charge in [-0.1, -0.05) is 71.9 Å². The van der Waals surface area contributed by atoms with Crippen LogP contribution in [0, 0.1) is 17.8 Å². The number of nitrogens with one attached hydrogen (secondary N) is 8. The smallest absolute Gasteiger partial charge is 0.326 e. The quantitative estimate of drug-likeness (QED) is 0.0358. The highest BCUT2D eigenvalue weighted by atomic mass is 16.4. The number of hydrogen-bond acceptors (Lipinski definition) is 13. The Labute approximate surface area is 403 Å². The third-order valence-corrected chi connectivity index (χ3v) is 10.7. The number of rotatable bonds is 32. The van der Waals surface area contributed by atoms with Gasteiger partial charge < -0.3 is 69.3 Å². The van der Waals surface area contributed by atoms with E-state index < -0.39 is 139 Å². The second kappa shape index (κ2) is 31.0. The van der Waals surface area contributed by atoms with Gasteiger partial charge in [0.1, 0.15) is 42.3 Å². The van der Waals surface area contributed by atoms with Crippen molar-refractivity contribution in [2.75, 3.05) is 13.1 Å². The number of unbranched alkanes of at least 4 members (excludes halogenated alkanes) is 1. The molecule has 0 saturated carbocycles. The molecule has 15 N–H and O–H groups in total. The van der Waals surface area contributed by atoms with E-state index in [4.69, 9.17) is 11.5 Å².